The van der Waals surface area contributed by atoms with Gasteiger partial charge >= 0.3 is 5.97 Å². The lowest BCUT2D eigenvalue weighted by atomic mass is 9.70. The van der Waals surface area contributed by atoms with E-state index in [1.807, 2.05) is 6.07 Å². The van der Waals surface area contributed by atoms with Crippen molar-refractivity contribution in [2.24, 2.45) is 16.7 Å². The highest BCUT2D eigenvalue weighted by atomic mass is 16.5. The molecule has 1 aromatic heterocycles. The van der Waals surface area contributed by atoms with E-state index in [9.17, 15) is 4.79 Å². The van der Waals surface area contributed by atoms with Crippen molar-refractivity contribution in [3.63, 3.8) is 0 Å². The van der Waals surface area contributed by atoms with E-state index in [1.54, 1.807) is 22.9 Å². The van der Waals surface area contributed by atoms with Crippen molar-refractivity contribution >= 4 is 5.97 Å². The topological polar surface area (TPSA) is 55.1 Å². The third-order valence-electron chi connectivity index (χ3n) is 6.23. The Morgan fingerprint density at radius 3 is 2.76 bits per heavy atom. The maximum Gasteiger partial charge on any atom is 0.326 e. The Balaban J connectivity index is 1.70. The summed E-state index contributed by atoms with van der Waals surface area (Å²) in [6.45, 7) is 7.01. The van der Waals surface area contributed by atoms with E-state index in [0.717, 1.165) is 12.8 Å². The average Bonchev–Trinajstić information content (AvgIpc) is 2.74. The number of carbonyl (C=O) groups is 1. The first-order chi connectivity index (χ1) is 9.84. The highest BCUT2D eigenvalue weighted by molar-refractivity contribution is 5.69. The first-order valence-corrected chi connectivity index (χ1v) is 7.74. The van der Waals surface area contributed by atoms with E-state index in [0.29, 0.717) is 11.4 Å². The highest BCUT2D eigenvalue weighted by Gasteiger charge is 2.62. The number of ether oxygens (including phenoxy) is 1. The monoisotopic (exact) mass is 288 g/mol. The summed E-state index contributed by atoms with van der Waals surface area (Å²) in [7, 11) is 0. The predicted molar refractivity (Wildman–Crippen MR) is 79.4 cm³/mol. The fourth-order valence-electron chi connectivity index (χ4n) is 4.26. The lowest BCUT2D eigenvalue weighted by Gasteiger charge is -2.38. The molecular formula is C17H24N2O2. The summed E-state index contributed by atoms with van der Waals surface area (Å²) in [5.74, 6) is 0.436. The molecule has 4 heteroatoms. The first kappa shape index (κ1) is 14.4. The van der Waals surface area contributed by atoms with Crippen LogP contribution in [-0.2, 0) is 16.1 Å². The van der Waals surface area contributed by atoms with Crippen LogP contribution in [0.4, 0.5) is 0 Å². The van der Waals surface area contributed by atoms with E-state index >= 15 is 0 Å². The first-order valence-electron chi connectivity index (χ1n) is 7.74. The molecule has 0 aromatic carbocycles. The van der Waals surface area contributed by atoms with E-state index < -0.39 is 0 Å². The Labute approximate surface area is 125 Å². The standard InChI is InChI=1S/C17H24N2O2/c1-16(2)12-7-8-17(16,3)13(10-12)21-15(20)11-19-9-5-4-6-14(19)18/h4-6,9,12-13,18H,7-8,10-11H2,1-3H3/t12-,13+,17-/m0/s1. The minimum Gasteiger partial charge on any atom is -0.460 e. The summed E-state index contributed by atoms with van der Waals surface area (Å²) in [5, 5.41) is 7.79. The molecule has 0 saturated heterocycles. The van der Waals surface area contributed by atoms with Gasteiger partial charge in [-0.05, 0) is 42.7 Å². The number of hydrogen-bond acceptors (Lipinski definition) is 3. The maximum absolute atomic E-state index is 12.2. The van der Waals surface area contributed by atoms with Crippen LogP contribution in [0.5, 0.6) is 0 Å². The number of rotatable bonds is 3. The second-order valence-electron chi connectivity index (χ2n) is 7.30. The van der Waals surface area contributed by atoms with Gasteiger partial charge < -0.3 is 9.30 Å². The number of fused-ring (bicyclic) bond motifs is 2. The molecule has 2 fully saturated rings. The van der Waals surface area contributed by atoms with Crippen LogP contribution in [0, 0.1) is 22.2 Å². The molecular weight excluding hydrogens is 264 g/mol. The molecule has 2 aliphatic rings. The lowest BCUT2D eigenvalue weighted by Crippen LogP contribution is -2.39. The van der Waals surface area contributed by atoms with Gasteiger partial charge in [0, 0.05) is 11.6 Å². The van der Waals surface area contributed by atoms with Gasteiger partial charge in [0.25, 0.3) is 0 Å². The van der Waals surface area contributed by atoms with E-state index in [4.69, 9.17) is 10.1 Å². The summed E-state index contributed by atoms with van der Waals surface area (Å²) in [6.07, 6.45) is 5.16. The number of hydrogen-bond donors (Lipinski definition) is 1. The number of pyridine rings is 1. The SMILES string of the molecule is CC1(C)[C@H]2CC[C@@]1(C)[C@H](OC(=O)Cn1ccccc1=N)C2. The van der Waals surface area contributed by atoms with Gasteiger partial charge in [0.2, 0.25) is 0 Å². The molecule has 2 bridgehead atoms. The molecule has 2 aliphatic carbocycles. The number of esters is 1. The molecule has 4 nitrogen and oxygen atoms in total. The van der Waals surface area contributed by atoms with Crippen LogP contribution >= 0.6 is 0 Å². The normalized spacial score (nSPS) is 33.1. The van der Waals surface area contributed by atoms with Gasteiger partial charge in [-0.25, -0.2) is 0 Å². The Hall–Kier alpha value is -1.58. The zero-order chi connectivity index (χ0) is 15.3. The number of aromatic nitrogens is 1. The summed E-state index contributed by atoms with van der Waals surface area (Å²) >= 11 is 0. The van der Waals surface area contributed by atoms with Gasteiger partial charge in [0.15, 0.2) is 0 Å². The van der Waals surface area contributed by atoms with Gasteiger partial charge in [-0.2, -0.15) is 0 Å². The molecule has 3 atom stereocenters. The Bertz CT molecular complexity index is 619. The van der Waals surface area contributed by atoms with Crippen LogP contribution in [0.3, 0.4) is 0 Å². The molecule has 1 heterocycles. The Morgan fingerprint density at radius 1 is 1.43 bits per heavy atom. The fourth-order valence-corrected chi connectivity index (χ4v) is 4.26. The molecule has 2 saturated carbocycles. The second kappa shape index (κ2) is 4.72. The number of nitrogens with zero attached hydrogens (tertiary/aromatic N) is 1. The zero-order valence-corrected chi connectivity index (χ0v) is 13.1. The van der Waals surface area contributed by atoms with Crippen LogP contribution in [0.2, 0.25) is 0 Å². The van der Waals surface area contributed by atoms with Crippen molar-refractivity contribution in [3.8, 4) is 0 Å². The van der Waals surface area contributed by atoms with Gasteiger partial charge in [-0.1, -0.05) is 26.8 Å². The minimum atomic E-state index is -0.228. The minimum absolute atomic E-state index is 0.0252. The van der Waals surface area contributed by atoms with Crippen molar-refractivity contribution in [1.82, 2.24) is 4.57 Å². The molecule has 21 heavy (non-hydrogen) atoms. The fraction of sp³-hybridized carbons (Fsp3) is 0.647. The van der Waals surface area contributed by atoms with Gasteiger partial charge in [-0.15, -0.1) is 0 Å². The molecule has 0 aliphatic heterocycles. The molecule has 0 radical (unpaired) electrons. The predicted octanol–water partition coefficient (Wildman–Crippen LogP) is 2.73. The largest absolute Gasteiger partial charge is 0.460 e. The van der Waals surface area contributed by atoms with Crippen molar-refractivity contribution in [3.05, 3.63) is 29.9 Å². The lowest BCUT2D eigenvalue weighted by molar-refractivity contribution is -0.157. The van der Waals surface area contributed by atoms with Crippen LogP contribution in [-0.4, -0.2) is 16.6 Å². The highest BCUT2D eigenvalue weighted by Crippen LogP contribution is 2.66. The molecule has 114 valence electrons. The van der Waals surface area contributed by atoms with Crippen molar-refractivity contribution in [2.45, 2.75) is 52.7 Å². The third kappa shape index (κ3) is 2.12. The smallest absolute Gasteiger partial charge is 0.326 e. The third-order valence-corrected chi connectivity index (χ3v) is 6.23. The van der Waals surface area contributed by atoms with E-state index in [-0.39, 0.29) is 29.4 Å². The summed E-state index contributed by atoms with van der Waals surface area (Å²) in [5.41, 5.74) is 0.672. The number of nitrogens with one attached hydrogen (secondary N) is 1. The van der Waals surface area contributed by atoms with Crippen molar-refractivity contribution < 1.29 is 9.53 Å². The van der Waals surface area contributed by atoms with Crippen LogP contribution in [0.25, 0.3) is 0 Å². The summed E-state index contributed by atoms with van der Waals surface area (Å²) < 4.78 is 7.41. The van der Waals surface area contributed by atoms with Crippen LogP contribution in [0.1, 0.15) is 40.0 Å². The molecule has 1 N–H and O–H groups in total. The van der Waals surface area contributed by atoms with Gasteiger partial charge in [0.05, 0.1) is 0 Å². The second-order valence-corrected chi connectivity index (χ2v) is 7.30. The molecule has 0 amide bonds. The zero-order valence-electron chi connectivity index (χ0n) is 13.1. The summed E-state index contributed by atoms with van der Waals surface area (Å²) in [6, 6.07) is 5.30. The summed E-state index contributed by atoms with van der Waals surface area (Å²) in [4.78, 5) is 12.2. The number of carbonyl (C=O) groups excluding carboxylic acids is 1. The van der Waals surface area contributed by atoms with Crippen LogP contribution in [0.15, 0.2) is 24.4 Å². The van der Waals surface area contributed by atoms with Crippen molar-refractivity contribution in [1.29, 1.82) is 5.41 Å². The maximum atomic E-state index is 12.2. The molecule has 3 rings (SSSR count). The Morgan fingerprint density at radius 2 is 2.19 bits per heavy atom. The van der Waals surface area contributed by atoms with Gasteiger partial charge in [0.1, 0.15) is 18.1 Å². The van der Waals surface area contributed by atoms with E-state index in [1.165, 1.54) is 6.42 Å². The van der Waals surface area contributed by atoms with Gasteiger partial charge in [-0.3, -0.25) is 10.2 Å². The Kier molecular flexibility index (Phi) is 3.23. The van der Waals surface area contributed by atoms with Crippen molar-refractivity contribution in [2.75, 3.05) is 0 Å². The molecule has 0 unspecified atom stereocenters. The average molecular weight is 288 g/mol. The van der Waals surface area contributed by atoms with E-state index in [2.05, 4.69) is 20.8 Å². The van der Waals surface area contributed by atoms with Crippen LogP contribution < -0.4 is 5.49 Å². The quantitative estimate of drug-likeness (QED) is 0.869. The molecule has 1 aromatic rings. The molecule has 0 spiro atoms.